The van der Waals surface area contributed by atoms with Gasteiger partial charge in [0.25, 0.3) is 11.5 Å². The number of amides is 1. The number of para-hydroxylation sites is 2. The van der Waals surface area contributed by atoms with Crippen molar-refractivity contribution < 1.29 is 4.79 Å². The molecule has 0 saturated carbocycles. The predicted molar refractivity (Wildman–Crippen MR) is 120 cm³/mol. The first-order valence-electron chi connectivity index (χ1n) is 10.8. The molecule has 0 fully saturated rings. The van der Waals surface area contributed by atoms with Crippen LogP contribution in [-0.4, -0.2) is 37.4 Å². The molecule has 0 unspecified atom stereocenters. The van der Waals surface area contributed by atoms with Crippen molar-refractivity contribution in [3.05, 3.63) is 70.0 Å². The molecule has 0 aliphatic carbocycles. The lowest BCUT2D eigenvalue weighted by Crippen LogP contribution is -2.28. The molecule has 4 aromatic rings. The van der Waals surface area contributed by atoms with E-state index in [-0.39, 0.29) is 11.5 Å². The summed E-state index contributed by atoms with van der Waals surface area (Å²) in [5.74, 6) is 1.43. The van der Waals surface area contributed by atoms with E-state index in [0.717, 1.165) is 54.9 Å². The summed E-state index contributed by atoms with van der Waals surface area (Å²) >= 11 is 0. The summed E-state index contributed by atoms with van der Waals surface area (Å²) in [7, 11) is 1.75. The van der Waals surface area contributed by atoms with E-state index in [9.17, 15) is 9.59 Å². The molecule has 1 aliphatic heterocycles. The zero-order valence-corrected chi connectivity index (χ0v) is 17.6. The number of hydrogen-bond acceptors (Lipinski definition) is 4. The second-order valence-electron chi connectivity index (χ2n) is 8.24. The summed E-state index contributed by atoms with van der Waals surface area (Å²) in [6.45, 7) is 1.09. The van der Waals surface area contributed by atoms with Crippen LogP contribution in [0, 0.1) is 0 Å². The van der Waals surface area contributed by atoms with Gasteiger partial charge in [0.2, 0.25) is 0 Å². The summed E-state index contributed by atoms with van der Waals surface area (Å²) < 4.78 is 1.82. The van der Waals surface area contributed by atoms with Crippen LogP contribution in [0.15, 0.2) is 47.3 Å². The summed E-state index contributed by atoms with van der Waals surface area (Å²) in [4.78, 5) is 40.2. The minimum absolute atomic E-state index is 0.00321. The van der Waals surface area contributed by atoms with E-state index >= 15 is 0 Å². The van der Waals surface area contributed by atoms with Gasteiger partial charge in [-0.3, -0.25) is 14.2 Å². The first-order chi connectivity index (χ1) is 15.1. The Hall–Kier alpha value is -3.48. The Morgan fingerprint density at radius 1 is 1.06 bits per heavy atom. The molecule has 0 saturated heterocycles. The highest BCUT2D eigenvalue weighted by Gasteiger charge is 2.17. The summed E-state index contributed by atoms with van der Waals surface area (Å²) in [5.41, 5.74) is 2.94. The summed E-state index contributed by atoms with van der Waals surface area (Å²) in [6.07, 6.45) is 5.16. The van der Waals surface area contributed by atoms with Crippen molar-refractivity contribution >= 4 is 27.8 Å². The van der Waals surface area contributed by atoms with Crippen LogP contribution in [0.5, 0.6) is 0 Å². The van der Waals surface area contributed by atoms with Gasteiger partial charge in [0.05, 0.1) is 28.5 Å². The number of nitrogens with zero attached hydrogens (tertiary/aromatic N) is 4. The highest BCUT2D eigenvalue weighted by molar-refractivity contribution is 5.97. The average Bonchev–Trinajstić information content (AvgIpc) is 3.16. The molecule has 3 heterocycles. The topological polar surface area (TPSA) is 83.9 Å². The molecule has 0 spiro atoms. The molecule has 1 aliphatic rings. The number of imidazole rings is 1. The minimum Gasteiger partial charge on any atom is -0.340 e. The standard InChI is InChI=1S/C24H25N5O2/c1-28(15-21-25-18-8-5-6-9-19(18)26-21)23(30)16-11-12-17-20(14-16)27-22-10-4-2-3-7-13-29(22)24(17)31/h5-6,8-9,11-12,14H,2-4,7,10,13,15H2,1H3,(H,25,26). The van der Waals surface area contributed by atoms with E-state index in [1.54, 1.807) is 30.1 Å². The molecular weight excluding hydrogens is 390 g/mol. The number of rotatable bonds is 3. The van der Waals surface area contributed by atoms with Crippen molar-refractivity contribution in [3.8, 4) is 0 Å². The molecule has 7 nitrogen and oxygen atoms in total. The van der Waals surface area contributed by atoms with Crippen LogP contribution in [0.4, 0.5) is 0 Å². The fraction of sp³-hybridized carbons (Fsp3) is 0.333. The number of hydrogen-bond donors (Lipinski definition) is 1. The summed E-state index contributed by atoms with van der Waals surface area (Å²) in [5, 5.41) is 0.570. The molecule has 158 valence electrons. The first-order valence-corrected chi connectivity index (χ1v) is 10.8. The highest BCUT2D eigenvalue weighted by atomic mass is 16.2. The van der Waals surface area contributed by atoms with Gasteiger partial charge in [-0.15, -0.1) is 0 Å². The van der Waals surface area contributed by atoms with Crippen LogP contribution in [0.3, 0.4) is 0 Å². The van der Waals surface area contributed by atoms with Gasteiger partial charge < -0.3 is 9.88 Å². The first kappa shape index (κ1) is 19.5. The Labute approximate surface area is 179 Å². The Morgan fingerprint density at radius 3 is 2.77 bits per heavy atom. The number of carbonyl (C=O) groups is 1. The van der Waals surface area contributed by atoms with Gasteiger partial charge in [-0.25, -0.2) is 9.97 Å². The Bertz CT molecular complexity index is 1300. The number of fused-ring (bicyclic) bond motifs is 3. The van der Waals surface area contributed by atoms with Gasteiger partial charge in [0.1, 0.15) is 11.6 Å². The SMILES string of the molecule is CN(Cc1nc2ccccc2[nH]1)C(=O)c1ccc2c(=O)n3c(nc2c1)CCCCCC3. The van der Waals surface area contributed by atoms with Gasteiger partial charge in [0, 0.05) is 25.6 Å². The van der Waals surface area contributed by atoms with E-state index < -0.39 is 0 Å². The van der Waals surface area contributed by atoms with Gasteiger partial charge in [0.15, 0.2) is 0 Å². The third-order valence-corrected chi connectivity index (χ3v) is 5.99. The lowest BCUT2D eigenvalue weighted by molar-refractivity contribution is 0.0782. The molecular formula is C24H25N5O2. The number of aryl methyl sites for hydroxylation is 1. The van der Waals surface area contributed by atoms with Gasteiger partial charge in [-0.2, -0.15) is 0 Å². The van der Waals surface area contributed by atoms with Gasteiger partial charge in [-0.05, 0) is 43.2 Å². The van der Waals surface area contributed by atoms with E-state index in [0.29, 0.717) is 23.0 Å². The molecule has 0 radical (unpaired) electrons. The van der Waals surface area contributed by atoms with Crippen molar-refractivity contribution in [3.63, 3.8) is 0 Å². The van der Waals surface area contributed by atoms with Gasteiger partial charge in [-0.1, -0.05) is 25.0 Å². The van der Waals surface area contributed by atoms with Crippen LogP contribution < -0.4 is 5.56 Å². The van der Waals surface area contributed by atoms with Crippen molar-refractivity contribution in [2.24, 2.45) is 0 Å². The van der Waals surface area contributed by atoms with Crippen LogP contribution in [0.25, 0.3) is 21.9 Å². The quantitative estimate of drug-likeness (QED) is 0.553. The van der Waals surface area contributed by atoms with Crippen LogP contribution >= 0.6 is 0 Å². The molecule has 31 heavy (non-hydrogen) atoms. The van der Waals surface area contributed by atoms with Crippen LogP contribution in [0.2, 0.25) is 0 Å². The molecule has 1 N–H and O–H groups in total. The van der Waals surface area contributed by atoms with Crippen molar-refractivity contribution in [2.45, 2.75) is 45.2 Å². The van der Waals surface area contributed by atoms with Crippen molar-refractivity contribution in [2.75, 3.05) is 7.05 Å². The lowest BCUT2D eigenvalue weighted by atomic mass is 10.1. The Balaban J connectivity index is 1.44. The molecule has 5 rings (SSSR count). The molecule has 0 bridgehead atoms. The van der Waals surface area contributed by atoms with E-state index in [2.05, 4.69) is 9.97 Å². The Morgan fingerprint density at radius 2 is 1.90 bits per heavy atom. The lowest BCUT2D eigenvalue weighted by Gasteiger charge is -2.18. The number of H-pyrrole nitrogens is 1. The van der Waals surface area contributed by atoms with E-state index in [4.69, 9.17) is 4.98 Å². The largest absolute Gasteiger partial charge is 0.340 e. The molecule has 7 heteroatoms. The highest BCUT2D eigenvalue weighted by Crippen LogP contribution is 2.18. The zero-order chi connectivity index (χ0) is 21.4. The number of aromatic nitrogens is 4. The van der Waals surface area contributed by atoms with E-state index in [1.165, 1.54) is 6.42 Å². The van der Waals surface area contributed by atoms with Crippen molar-refractivity contribution in [1.82, 2.24) is 24.4 Å². The second-order valence-corrected chi connectivity index (χ2v) is 8.24. The van der Waals surface area contributed by atoms with Crippen LogP contribution in [0.1, 0.15) is 47.7 Å². The predicted octanol–water partition coefficient (Wildman–Crippen LogP) is 3.66. The van der Waals surface area contributed by atoms with Crippen molar-refractivity contribution in [1.29, 1.82) is 0 Å². The number of carbonyl (C=O) groups excluding carboxylic acids is 1. The fourth-order valence-corrected chi connectivity index (χ4v) is 4.33. The van der Waals surface area contributed by atoms with E-state index in [1.807, 2.05) is 28.8 Å². The molecule has 2 aromatic carbocycles. The Kier molecular flexibility index (Phi) is 5.02. The number of benzene rings is 2. The second kappa shape index (κ2) is 7.98. The third kappa shape index (κ3) is 3.71. The molecule has 2 aromatic heterocycles. The minimum atomic E-state index is -0.129. The zero-order valence-electron chi connectivity index (χ0n) is 17.6. The monoisotopic (exact) mass is 415 g/mol. The molecule has 1 amide bonds. The maximum Gasteiger partial charge on any atom is 0.261 e. The normalized spacial score (nSPS) is 14.2. The average molecular weight is 415 g/mol. The molecule has 0 atom stereocenters. The summed E-state index contributed by atoms with van der Waals surface area (Å²) in [6, 6.07) is 13.0. The fourth-order valence-electron chi connectivity index (χ4n) is 4.33. The third-order valence-electron chi connectivity index (χ3n) is 5.99. The maximum absolute atomic E-state index is 13.1. The number of aromatic amines is 1. The van der Waals surface area contributed by atoms with Gasteiger partial charge >= 0.3 is 0 Å². The number of nitrogens with one attached hydrogen (secondary N) is 1. The smallest absolute Gasteiger partial charge is 0.261 e. The maximum atomic E-state index is 13.1. The van der Waals surface area contributed by atoms with Crippen LogP contribution in [-0.2, 0) is 19.5 Å².